The van der Waals surface area contributed by atoms with Gasteiger partial charge < -0.3 is 15.0 Å². The van der Waals surface area contributed by atoms with Crippen LogP contribution in [0.4, 0.5) is 0 Å². The number of carbonyl (C=O) groups excluding carboxylic acids is 2. The van der Waals surface area contributed by atoms with Crippen LogP contribution < -0.4 is 5.32 Å². The molecule has 0 bridgehead atoms. The minimum atomic E-state index is -0.0883. The summed E-state index contributed by atoms with van der Waals surface area (Å²) in [7, 11) is 0. The number of piperidine rings is 1. The molecule has 5 nitrogen and oxygen atoms in total. The number of rotatable bonds is 6. The van der Waals surface area contributed by atoms with Crippen LogP contribution in [0.5, 0.6) is 0 Å². The summed E-state index contributed by atoms with van der Waals surface area (Å²) in [6, 6.07) is 0.432. The van der Waals surface area contributed by atoms with Gasteiger partial charge in [-0.15, -0.1) is 0 Å². The van der Waals surface area contributed by atoms with Gasteiger partial charge in [-0.3, -0.25) is 9.59 Å². The molecule has 2 fully saturated rings. The molecule has 2 rings (SSSR count). The Hall–Kier alpha value is -1.10. The van der Waals surface area contributed by atoms with Crippen LogP contribution in [-0.2, 0) is 14.3 Å². The summed E-state index contributed by atoms with van der Waals surface area (Å²) >= 11 is 0. The van der Waals surface area contributed by atoms with Crippen molar-refractivity contribution in [1.82, 2.24) is 10.2 Å². The summed E-state index contributed by atoms with van der Waals surface area (Å²) in [6.07, 6.45) is 4.70. The quantitative estimate of drug-likeness (QED) is 0.728. The van der Waals surface area contributed by atoms with Crippen molar-refractivity contribution in [3.8, 4) is 0 Å². The highest BCUT2D eigenvalue weighted by atomic mass is 16.5. The number of hydrogen-bond acceptors (Lipinski definition) is 4. The number of esters is 1. The van der Waals surface area contributed by atoms with Gasteiger partial charge in [0, 0.05) is 25.6 Å². The lowest BCUT2D eigenvalue weighted by molar-refractivity contribution is -0.149. The first kappa shape index (κ1) is 14.3. The van der Waals surface area contributed by atoms with E-state index in [-0.39, 0.29) is 17.8 Å². The van der Waals surface area contributed by atoms with Crippen molar-refractivity contribution >= 4 is 11.9 Å². The van der Waals surface area contributed by atoms with E-state index in [1.807, 2.05) is 6.92 Å². The molecule has 0 aromatic heterocycles. The molecule has 1 saturated heterocycles. The second kappa shape index (κ2) is 6.89. The average molecular weight is 268 g/mol. The zero-order valence-corrected chi connectivity index (χ0v) is 11.7. The molecular weight excluding hydrogens is 244 g/mol. The number of ether oxygens (including phenoxy) is 1. The van der Waals surface area contributed by atoms with Crippen molar-refractivity contribution in [3.05, 3.63) is 0 Å². The highest BCUT2D eigenvalue weighted by Gasteiger charge is 2.27. The van der Waals surface area contributed by atoms with Gasteiger partial charge in [-0.1, -0.05) is 0 Å². The predicted molar refractivity (Wildman–Crippen MR) is 71.6 cm³/mol. The van der Waals surface area contributed by atoms with Crippen LogP contribution in [0.1, 0.15) is 39.0 Å². The maximum absolute atomic E-state index is 11.7. The predicted octanol–water partition coefficient (Wildman–Crippen LogP) is 0.930. The fraction of sp³-hybridized carbons (Fsp3) is 0.857. The first-order valence-electron chi connectivity index (χ1n) is 7.37. The van der Waals surface area contributed by atoms with Crippen LogP contribution in [0.15, 0.2) is 0 Å². The Bertz CT molecular complexity index is 329. The van der Waals surface area contributed by atoms with Gasteiger partial charge in [0.2, 0.25) is 5.91 Å². The molecule has 1 atom stereocenters. The van der Waals surface area contributed by atoms with Crippen LogP contribution in [0.25, 0.3) is 0 Å². The monoisotopic (exact) mass is 268 g/mol. The van der Waals surface area contributed by atoms with Crippen molar-refractivity contribution in [2.75, 3.05) is 26.2 Å². The van der Waals surface area contributed by atoms with E-state index < -0.39 is 0 Å². The first-order valence-corrected chi connectivity index (χ1v) is 7.37. The number of likely N-dealkylation sites (tertiary alicyclic amines) is 1. The number of hydrogen-bond donors (Lipinski definition) is 1. The van der Waals surface area contributed by atoms with Crippen molar-refractivity contribution in [2.24, 2.45) is 5.92 Å². The molecule has 1 heterocycles. The molecule has 0 unspecified atom stereocenters. The molecule has 1 N–H and O–H groups in total. The molecule has 0 aromatic carbocycles. The topological polar surface area (TPSA) is 58.6 Å². The average Bonchev–Trinajstić information content (AvgIpc) is 3.21. The second-order valence-electron chi connectivity index (χ2n) is 5.48. The number of amides is 1. The SMILES string of the molecule is CCOC(=O)[C@@H]1CCCN(CCC(=O)NC2CC2)C1. The van der Waals surface area contributed by atoms with Gasteiger partial charge in [0.1, 0.15) is 0 Å². The summed E-state index contributed by atoms with van der Waals surface area (Å²) < 4.78 is 5.07. The molecular formula is C14H24N2O3. The third-order valence-electron chi connectivity index (χ3n) is 3.72. The Morgan fingerprint density at radius 3 is 2.79 bits per heavy atom. The van der Waals surface area contributed by atoms with Crippen LogP contribution >= 0.6 is 0 Å². The van der Waals surface area contributed by atoms with Crippen LogP contribution in [0, 0.1) is 5.92 Å². The van der Waals surface area contributed by atoms with Gasteiger partial charge in [0.25, 0.3) is 0 Å². The molecule has 0 aromatic rings. The van der Waals surface area contributed by atoms with E-state index in [0.717, 1.165) is 45.3 Å². The lowest BCUT2D eigenvalue weighted by atomic mass is 9.98. The minimum Gasteiger partial charge on any atom is -0.466 e. The van der Waals surface area contributed by atoms with Crippen molar-refractivity contribution in [1.29, 1.82) is 0 Å². The molecule has 1 aliphatic carbocycles. The lowest BCUT2D eigenvalue weighted by Crippen LogP contribution is -2.41. The third-order valence-corrected chi connectivity index (χ3v) is 3.72. The summed E-state index contributed by atoms with van der Waals surface area (Å²) in [5.74, 6) is 0.0376. The maximum atomic E-state index is 11.7. The normalized spacial score (nSPS) is 23.9. The highest BCUT2D eigenvalue weighted by Crippen LogP contribution is 2.20. The molecule has 1 amide bonds. The minimum absolute atomic E-state index is 0.0137. The molecule has 5 heteroatoms. The van der Waals surface area contributed by atoms with Gasteiger partial charge in [0.05, 0.1) is 12.5 Å². The molecule has 1 aliphatic heterocycles. The van der Waals surface area contributed by atoms with Gasteiger partial charge in [-0.25, -0.2) is 0 Å². The van der Waals surface area contributed by atoms with E-state index >= 15 is 0 Å². The van der Waals surface area contributed by atoms with E-state index in [9.17, 15) is 9.59 Å². The van der Waals surface area contributed by atoms with Gasteiger partial charge in [0.15, 0.2) is 0 Å². The Balaban J connectivity index is 1.68. The Morgan fingerprint density at radius 1 is 1.32 bits per heavy atom. The van der Waals surface area contributed by atoms with E-state index in [4.69, 9.17) is 4.74 Å². The maximum Gasteiger partial charge on any atom is 0.310 e. The summed E-state index contributed by atoms with van der Waals surface area (Å²) in [5.41, 5.74) is 0. The Morgan fingerprint density at radius 2 is 2.11 bits per heavy atom. The highest BCUT2D eigenvalue weighted by molar-refractivity contribution is 5.76. The fourth-order valence-electron chi connectivity index (χ4n) is 2.50. The summed E-state index contributed by atoms with van der Waals surface area (Å²) in [4.78, 5) is 25.5. The molecule has 0 radical (unpaired) electrons. The first-order chi connectivity index (χ1) is 9.19. The van der Waals surface area contributed by atoms with Crippen LogP contribution in [0.2, 0.25) is 0 Å². The van der Waals surface area contributed by atoms with Crippen molar-refractivity contribution in [3.63, 3.8) is 0 Å². The van der Waals surface area contributed by atoms with Crippen molar-refractivity contribution < 1.29 is 14.3 Å². The molecule has 19 heavy (non-hydrogen) atoms. The Kier molecular flexibility index (Phi) is 5.19. The number of nitrogens with one attached hydrogen (secondary N) is 1. The zero-order valence-electron chi connectivity index (χ0n) is 11.7. The van der Waals surface area contributed by atoms with E-state index in [1.165, 1.54) is 0 Å². The van der Waals surface area contributed by atoms with Gasteiger partial charge >= 0.3 is 5.97 Å². The van der Waals surface area contributed by atoms with E-state index in [1.54, 1.807) is 0 Å². The largest absolute Gasteiger partial charge is 0.466 e. The van der Waals surface area contributed by atoms with Gasteiger partial charge in [-0.2, -0.15) is 0 Å². The standard InChI is InChI=1S/C14H24N2O3/c1-2-19-14(18)11-4-3-8-16(10-11)9-7-13(17)15-12-5-6-12/h11-12H,2-10H2,1H3,(H,15,17)/t11-/m1/s1. The van der Waals surface area contributed by atoms with E-state index in [2.05, 4.69) is 10.2 Å². The second-order valence-corrected chi connectivity index (χ2v) is 5.48. The van der Waals surface area contributed by atoms with Crippen LogP contribution in [-0.4, -0.2) is 49.1 Å². The number of nitrogens with zero attached hydrogens (tertiary/aromatic N) is 1. The molecule has 0 spiro atoms. The zero-order chi connectivity index (χ0) is 13.7. The summed E-state index contributed by atoms with van der Waals surface area (Å²) in [6.45, 7) is 4.73. The third kappa shape index (κ3) is 4.82. The van der Waals surface area contributed by atoms with Gasteiger partial charge in [-0.05, 0) is 39.2 Å². The van der Waals surface area contributed by atoms with Crippen molar-refractivity contribution in [2.45, 2.75) is 45.1 Å². The molecule has 2 aliphatic rings. The smallest absolute Gasteiger partial charge is 0.310 e. The lowest BCUT2D eigenvalue weighted by Gasteiger charge is -2.31. The molecule has 108 valence electrons. The van der Waals surface area contributed by atoms with E-state index in [0.29, 0.717) is 19.1 Å². The number of carbonyl (C=O) groups is 2. The fourth-order valence-corrected chi connectivity index (χ4v) is 2.50. The van der Waals surface area contributed by atoms with Crippen LogP contribution in [0.3, 0.4) is 0 Å². The summed E-state index contributed by atoms with van der Waals surface area (Å²) in [5, 5.41) is 2.99. The molecule has 1 saturated carbocycles. The Labute approximate surface area is 114 Å².